The first-order valence-corrected chi connectivity index (χ1v) is 18.3. The Labute approximate surface area is 292 Å². The summed E-state index contributed by atoms with van der Waals surface area (Å²) in [4.78, 5) is 50.8. The topological polar surface area (TPSA) is 114 Å². The van der Waals surface area contributed by atoms with Gasteiger partial charge >= 0.3 is 12.1 Å². The van der Waals surface area contributed by atoms with Gasteiger partial charge in [0.1, 0.15) is 6.61 Å². The van der Waals surface area contributed by atoms with E-state index in [2.05, 4.69) is 46.6 Å². The third-order valence-electron chi connectivity index (χ3n) is 8.16. The third kappa shape index (κ3) is 12.2. The van der Waals surface area contributed by atoms with Gasteiger partial charge in [0, 0.05) is 37.0 Å². The Bertz CT molecular complexity index is 1550. The van der Waals surface area contributed by atoms with Gasteiger partial charge in [-0.05, 0) is 49.1 Å². The molecule has 0 aliphatic heterocycles. The lowest BCUT2D eigenvalue weighted by atomic mass is 9.86. The summed E-state index contributed by atoms with van der Waals surface area (Å²) in [7, 11) is 1.72. The number of alkyl carbamates (subject to hydrolysis) is 1. The molecule has 2 N–H and O–H groups in total. The fraction of sp³-hybridized carbons (Fsp3) is 0.432. The summed E-state index contributed by atoms with van der Waals surface area (Å²) in [6.45, 7) is 6.66. The first-order valence-electron chi connectivity index (χ1n) is 16.6. The Balaban J connectivity index is 1.40. The summed E-state index contributed by atoms with van der Waals surface area (Å²) in [6.07, 6.45) is 4.75. The highest BCUT2D eigenvalue weighted by Gasteiger charge is 2.26. The van der Waals surface area contributed by atoms with Gasteiger partial charge in [-0.3, -0.25) is 9.78 Å². The van der Waals surface area contributed by atoms with Crippen LogP contribution >= 0.6 is 22.7 Å². The van der Waals surface area contributed by atoms with Crippen LogP contribution < -0.4 is 10.6 Å². The van der Waals surface area contributed by atoms with Crippen molar-refractivity contribution in [2.24, 2.45) is 5.92 Å². The normalized spacial score (nSPS) is 13.0. The predicted octanol–water partition coefficient (Wildman–Crippen LogP) is 7.78. The van der Waals surface area contributed by atoms with Crippen molar-refractivity contribution in [3.05, 3.63) is 104 Å². The summed E-state index contributed by atoms with van der Waals surface area (Å²) in [6, 6.07) is 19.1. The number of ether oxygens (including phenoxy) is 1. The van der Waals surface area contributed by atoms with E-state index >= 15 is 0 Å². The number of nitrogens with zero attached hydrogens (tertiary/aromatic N) is 3. The zero-order valence-electron chi connectivity index (χ0n) is 28.3. The van der Waals surface area contributed by atoms with Crippen LogP contribution in [0.5, 0.6) is 0 Å². The summed E-state index contributed by atoms with van der Waals surface area (Å²) in [5, 5.41) is 9.07. The van der Waals surface area contributed by atoms with E-state index in [-0.39, 0.29) is 30.4 Å². The zero-order chi connectivity index (χ0) is 34.3. The van der Waals surface area contributed by atoms with E-state index in [9.17, 15) is 14.4 Å². The lowest BCUT2D eigenvalue weighted by Crippen LogP contribution is -2.46. The van der Waals surface area contributed by atoms with Gasteiger partial charge in [-0.2, -0.15) is 0 Å². The maximum atomic E-state index is 13.7. The van der Waals surface area contributed by atoms with Crippen LogP contribution in [0.4, 0.5) is 9.59 Å². The van der Waals surface area contributed by atoms with Gasteiger partial charge in [0.25, 0.3) is 0 Å². The molecule has 11 heteroatoms. The van der Waals surface area contributed by atoms with Gasteiger partial charge in [0.05, 0.1) is 33.7 Å². The molecule has 0 radical (unpaired) electrons. The fourth-order valence-corrected chi connectivity index (χ4v) is 6.85. The maximum Gasteiger partial charge on any atom is 0.407 e. The molecule has 0 saturated heterocycles. The Morgan fingerprint density at radius 1 is 0.917 bits per heavy atom. The SMILES string of the molecule is CCC(NC(=O)N(C)Cc1csc(C(C)C)n1)C(=O)CC(CCC(Cc1ccccc1)NC(=O)OCc1cncs1)Cc1ccccc1. The van der Waals surface area contributed by atoms with E-state index in [1.807, 2.05) is 60.8 Å². The third-order valence-corrected chi connectivity index (χ3v) is 10.1. The molecule has 0 aliphatic carbocycles. The van der Waals surface area contributed by atoms with Crippen molar-refractivity contribution in [3.63, 3.8) is 0 Å². The van der Waals surface area contributed by atoms with Gasteiger partial charge in [0.2, 0.25) is 0 Å². The van der Waals surface area contributed by atoms with E-state index in [1.165, 1.54) is 11.3 Å². The summed E-state index contributed by atoms with van der Waals surface area (Å²) in [5.41, 5.74) is 4.81. The number of Topliss-reactive ketones (excluding diaryl/α,β-unsaturated/α-hetero) is 1. The van der Waals surface area contributed by atoms with Crippen molar-refractivity contribution in [3.8, 4) is 0 Å². The number of ketones is 1. The molecule has 2 aromatic heterocycles. The molecule has 2 aromatic carbocycles. The maximum absolute atomic E-state index is 13.7. The minimum absolute atomic E-state index is 0.00692. The number of amides is 3. The van der Waals surface area contributed by atoms with Gasteiger partial charge in [0.15, 0.2) is 5.78 Å². The zero-order valence-corrected chi connectivity index (χ0v) is 29.9. The highest BCUT2D eigenvalue weighted by molar-refractivity contribution is 7.09. The molecule has 9 nitrogen and oxygen atoms in total. The van der Waals surface area contributed by atoms with Crippen LogP contribution in [-0.2, 0) is 35.5 Å². The smallest absolute Gasteiger partial charge is 0.407 e. The number of aromatic nitrogens is 2. The van der Waals surface area contributed by atoms with Gasteiger partial charge < -0.3 is 20.3 Å². The quantitative estimate of drug-likeness (QED) is 0.110. The van der Waals surface area contributed by atoms with Crippen molar-refractivity contribution in [1.82, 2.24) is 25.5 Å². The molecule has 0 saturated carbocycles. The average molecular weight is 690 g/mol. The average Bonchev–Trinajstić information content (AvgIpc) is 3.79. The van der Waals surface area contributed by atoms with Crippen LogP contribution in [0.3, 0.4) is 0 Å². The molecule has 0 bridgehead atoms. The number of hydrogen-bond acceptors (Lipinski definition) is 8. The Kier molecular flexibility index (Phi) is 14.6. The van der Waals surface area contributed by atoms with Crippen molar-refractivity contribution in [2.45, 2.75) is 90.4 Å². The number of nitrogens with one attached hydrogen (secondary N) is 2. The molecule has 4 aromatic rings. The molecule has 256 valence electrons. The summed E-state index contributed by atoms with van der Waals surface area (Å²) >= 11 is 3.04. The molecule has 4 rings (SSSR count). The Hall–Kier alpha value is -4.09. The van der Waals surface area contributed by atoms with Crippen molar-refractivity contribution < 1.29 is 19.1 Å². The molecule has 2 heterocycles. The molecule has 3 amide bonds. The number of hydrogen-bond donors (Lipinski definition) is 2. The second-order valence-electron chi connectivity index (χ2n) is 12.5. The van der Waals surface area contributed by atoms with Crippen molar-refractivity contribution in [1.29, 1.82) is 0 Å². The predicted molar refractivity (Wildman–Crippen MR) is 192 cm³/mol. The van der Waals surface area contributed by atoms with Gasteiger partial charge in [-0.15, -0.1) is 22.7 Å². The monoisotopic (exact) mass is 689 g/mol. The second kappa shape index (κ2) is 19.0. The van der Waals surface area contributed by atoms with Crippen LogP contribution in [0.1, 0.15) is 79.1 Å². The van der Waals surface area contributed by atoms with Crippen LogP contribution in [0.15, 0.2) is 77.8 Å². The molecule has 0 spiro atoms. The lowest BCUT2D eigenvalue weighted by molar-refractivity contribution is -0.122. The first-order chi connectivity index (χ1) is 23.2. The van der Waals surface area contributed by atoms with E-state index in [0.717, 1.165) is 26.7 Å². The second-order valence-corrected chi connectivity index (χ2v) is 14.3. The minimum atomic E-state index is -0.597. The molecule has 3 atom stereocenters. The summed E-state index contributed by atoms with van der Waals surface area (Å²) in [5.74, 6) is 0.356. The number of urea groups is 1. The van der Waals surface area contributed by atoms with E-state index in [0.29, 0.717) is 51.0 Å². The van der Waals surface area contributed by atoms with Crippen LogP contribution in [0.2, 0.25) is 0 Å². The van der Waals surface area contributed by atoms with Crippen molar-refractivity contribution in [2.75, 3.05) is 7.05 Å². The van der Waals surface area contributed by atoms with Crippen LogP contribution in [0, 0.1) is 5.92 Å². The summed E-state index contributed by atoms with van der Waals surface area (Å²) < 4.78 is 5.49. The standard InChI is InChI=1S/C37H47N5O4S2/c1-5-33(41-36(44)42(4)22-31-24-47-35(39-31)26(2)3)34(43)20-29(18-27-12-8-6-9-13-27)16-17-30(19-28-14-10-7-11-15-28)40-37(45)46-23-32-21-38-25-48-32/h6-15,21,24-26,29-30,33H,5,16-20,22-23H2,1-4H3,(H,40,45)(H,41,44). The number of carbonyl (C=O) groups excluding carboxylic acids is 3. The molecular formula is C37H47N5O4S2. The molecular weight excluding hydrogens is 643 g/mol. The number of rotatable bonds is 18. The Morgan fingerprint density at radius 2 is 1.60 bits per heavy atom. The molecule has 0 fully saturated rings. The lowest BCUT2D eigenvalue weighted by Gasteiger charge is -2.25. The van der Waals surface area contributed by atoms with E-state index < -0.39 is 12.1 Å². The number of benzene rings is 2. The molecule has 0 aliphatic rings. The highest BCUT2D eigenvalue weighted by atomic mass is 32.1. The van der Waals surface area contributed by atoms with E-state index in [1.54, 1.807) is 35.0 Å². The number of thiazole rings is 2. The molecule has 3 unspecified atom stereocenters. The van der Waals surface area contributed by atoms with Crippen molar-refractivity contribution >= 4 is 40.6 Å². The minimum Gasteiger partial charge on any atom is -0.444 e. The van der Waals surface area contributed by atoms with Gasteiger partial charge in [-0.1, -0.05) is 81.4 Å². The molecule has 48 heavy (non-hydrogen) atoms. The first kappa shape index (κ1) is 36.7. The van der Waals surface area contributed by atoms with Crippen LogP contribution in [0.25, 0.3) is 0 Å². The van der Waals surface area contributed by atoms with E-state index in [4.69, 9.17) is 4.74 Å². The number of carbonyl (C=O) groups is 3. The van der Waals surface area contributed by atoms with Gasteiger partial charge in [-0.25, -0.2) is 14.6 Å². The fourth-order valence-electron chi connectivity index (χ4n) is 5.51. The highest BCUT2D eigenvalue weighted by Crippen LogP contribution is 2.23. The van der Waals surface area contributed by atoms with Crippen LogP contribution in [-0.4, -0.2) is 51.9 Å². The largest absolute Gasteiger partial charge is 0.444 e. The Morgan fingerprint density at radius 3 is 2.21 bits per heavy atom.